The lowest BCUT2D eigenvalue weighted by Crippen LogP contribution is -2.54. The van der Waals surface area contributed by atoms with Gasteiger partial charge in [-0.05, 0) is 61.0 Å². The lowest BCUT2D eigenvalue weighted by atomic mass is 10.0. The quantitative estimate of drug-likeness (QED) is 0.520. The third-order valence-electron chi connectivity index (χ3n) is 5.08. The Kier molecular flexibility index (Phi) is 5.50. The van der Waals surface area contributed by atoms with Crippen LogP contribution in [0.3, 0.4) is 0 Å². The minimum Gasteiger partial charge on any atom is -0.304 e. The van der Waals surface area contributed by atoms with Crippen LogP contribution >= 0.6 is 23.2 Å². The Labute approximate surface area is 183 Å². The van der Waals surface area contributed by atoms with Crippen LogP contribution in [0.5, 0.6) is 0 Å². The van der Waals surface area contributed by atoms with Gasteiger partial charge in [-0.2, -0.15) is 0 Å². The summed E-state index contributed by atoms with van der Waals surface area (Å²) >= 11 is 12.1. The van der Waals surface area contributed by atoms with Crippen LogP contribution in [0.1, 0.15) is 22.8 Å². The summed E-state index contributed by atoms with van der Waals surface area (Å²) in [6.45, 7) is 1.97. The van der Waals surface area contributed by atoms with Crippen molar-refractivity contribution in [3.63, 3.8) is 0 Å². The van der Waals surface area contributed by atoms with E-state index < -0.39 is 11.9 Å². The molecule has 3 aromatic rings. The van der Waals surface area contributed by atoms with E-state index in [4.69, 9.17) is 23.2 Å². The Morgan fingerprint density at radius 2 is 1.63 bits per heavy atom. The van der Waals surface area contributed by atoms with Gasteiger partial charge >= 0.3 is 0 Å². The first-order valence-corrected chi connectivity index (χ1v) is 10.1. The number of hydrogen-bond acceptors (Lipinski definition) is 2. The van der Waals surface area contributed by atoms with Gasteiger partial charge in [0.2, 0.25) is 5.91 Å². The van der Waals surface area contributed by atoms with Crippen LogP contribution in [-0.2, 0) is 11.3 Å². The molecule has 30 heavy (non-hydrogen) atoms. The molecule has 0 unspecified atom stereocenters. The van der Waals surface area contributed by atoms with Crippen LogP contribution < -0.4 is 9.80 Å². The number of para-hydroxylation sites is 2. The smallest absolute Gasteiger partial charge is 0.259 e. The van der Waals surface area contributed by atoms with Crippen LogP contribution in [0.25, 0.3) is 0 Å². The average molecular weight is 443 g/mol. The number of carbonyl (C=O) groups is 2. The molecule has 0 fully saturated rings. The highest BCUT2D eigenvalue weighted by atomic mass is 35.5. The van der Waals surface area contributed by atoms with Crippen molar-refractivity contribution in [2.45, 2.75) is 19.5 Å². The molecule has 4 rings (SSSR count). The van der Waals surface area contributed by atoms with Crippen molar-refractivity contribution in [2.24, 2.45) is 0 Å². The van der Waals surface area contributed by atoms with E-state index in [9.17, 15) is 14.0 Å². The molecule has 1 heterocycles. The van der Waals surface area contributed by atoms with E-state index in [2.05, 4.69) is 0 Å². The number of fused-ring (bicyclic) bond motifs is 1. The van der Waals surface area contributed by atoms with Gasteiger partial charge in [0.1, 0.15) is 11.9 Å². The Morgan fingerprint density at radius 3 is 2.30 bits per heavy atom. The van der Waals surface area contributed by atoms with Gasteiger partial charge in [-0.1, -0.05) is 41.4 Å². The molecule has 0 radical (unpaired) electrons. The Bertz CT molecular complexity index is 1130. The first-order valence-electron chi connectivity index (χ1n) is 9.30. The lowest BCUT2D eigenvalue weighted by Gasteiger charge is -2.40. The number of nitrogens with zero attached hydrogens (tertiary/aromatic N) is 2. The van der Waals surface area contributed by atoms with Gasteiger partial charge in [0.05, 0.1) is 28.0 Å². The summed E-state index contributed by atoms with van der Waals surface area (Å²) in [4.78, 5) is 29.5. The van der Waals surface area contributed by atoms with Gasteiger partial charge in [-0.15, -0.1) is 0 Å². The third-order valence-corrected chi connectivity index (χ3v) is 5.82. The predicted molar refractivity (Wildman–Crippen MR) is 117 cm³/mol. The SMILES string of the molecule is C[C@H]1C(=O)N(Cc2ccc(Cl)c(Cl)c2)c2ccccc2N1C(=O)c1ccc(F)cc1. The molecule has 0 aromatic heterocycles. The second kappa shape index (κ2) is 8.09. The summed E-state index contributed by atoms with van der Waals surface area (Å²) in [7, 11) is 0. The minimum absolute atomic E-state index is 0.227. The molecule has 152 valence electrons. The number of hydrogen-bond donors (Lipinski definition) is 0. The maximum atomic E-state index is 13.3. The molecule has 4 nitrogen and oxygen atoms in total. The van der Waals surface area contributed by atoms with Gasteiger partial charge in [0.25, 0.3) is 5.91 Å². The second-order valence-electron chi connectivity index (χ2n) is 7.02. The first-order chi connectivity index (χ1) is 14.4. The topological polar surface area (TPSA) is 40.6 Å². The maximum Gasteiger partial charge on any atom is 0.259 e. The van der Waals surface area contributed by atoms with Crippen molar-refractivity contribution in [3.05, 3.63) is 93.7 Å². The highest BCUT2D eigenvalue weighted by molar-refractivity contribution is 6.42. The number of carbonyl (C=O) groups excluding carboxylic acids is 2. The number of benzene rings is 3. The molecular formula is C23H17Cl2FN2O2. The third kappa shape index (κ3) is 3.66. The molecule has 0 spiro atoms. The fourth-order valence-electron chi connectivity index (χ4n) is 3.56. The van der Waals surface area contributed by atoms with Crippen molar-refractivity contribution >= 4 is 46.4 Å². The largest absolute Gasteiger partial charge is 0.304 e. The van der Waals surface area contributed by atoms with Gasteiger partial charge in [0, 0.05) is 5.56 Å². The molecule has 0 bridgehead atoms. The van der Waals surface area contributed by atoms with E-state index in [1.807, 2.05) is 18.2 Å². The zero-order valence-corrected chi connectivity index (χ0v) is 17.5. The van der Waals surface area contributed by atoms with Gasteiger partial charge in [-0.3, -0.25) is 14.5 Å². The zero-order chi connectivity index (χ0) is 21.4. The first kappa shape index (κ1) is 20.4. The predicted octanol–water partition coefficient (Wildman–Crippen LogP) is 5.71. The molecule has 0 N–H and O–H groups in total. The van der Waals surface area contributed by atoms with Gasteiger partial charge in [-0.25, -0.2) is 4.39 Å². The zero-order valence-electron chi connectivity index (χ0n) is 16.0. The molecule has 1 aliphatic rings. The molecular weight excluding hydrogens is 426 g/mol. The van der Waals surface area contributed by atoms with Crippen LogP contribution in [0.15, 0.2) is 66.7 Å². The van der Waals surface area contributed by atoms with Gasteiger partial charge < -0.3 is 4.90 Å². The van der Waals surface area contributed by atoms with E-state index in [1.54, 1.807) is 36.1 Å². The summed E-state index contributed by atoms with van der Waals surface area (Å²) in [5, 5.41) is 0.850. The molecule has 0 saturated heterocycles. The Hall–Kier alpha value is -2.89. The summed E-state index contributed by atoms with van der Waals surface area (Å²) < 4.78 is 13.3. The van der Waals surface area contributed by atoms with E-state index in [1.165, 1.54) is 29.2 Å². The average Bonchev–Trinajstić information content (AvgIpc) is 2.74. The lowest BCUT2D eigenvalue weighted by molar-refractivity contribution is -0.119. The summed E-state index contributed by atoms with van der Waals surface area (Å²) in [6, 6.07) is 17.0. The molecule has 1 aliphatic heterocycles. The molecule has 7 heteroatoms. The molecule has 0 aliphatic carbocycles. The van der Waals surface area contributed by atoms with E-state index in [0.29, 0.717) is 27.0 Å². The van der Waals surface area contributed by atoms with Crippen molar-refractivity contribution in [2.75, 3.05) is 9.80 Å². The van der Waals surface area contributed by atoms with Crippen molar-refractivity contribution < 1.29 is 14.0 Å². The number of anilines is 2. The van der Waals surface area contributed by atoms with Crippen LogP contribution in [0.2, 0.25) is 10.0 Å². The highest BCUT2D eigenvalue weighted by Crippen LogP contribution is 2.38. The van der Waals surface area contributed by atoms with Crippen molar-refractivity contribution in [3.8, 4) is 0 Å². The maximum absolute atomic E-state index is 13.3. The van der Waals surface area contributed by atoms with E-state index in [0.717, 1.165) is 5.56 Å². The summed E-state index contributed by atoms with van der Waals surface area (Å²) in [5.74, 6) is -1.02. The Balaban J connectivity index is 1.73. The number of amides is 2. The Morgan fingerprint density at radius 1 is 0.967 bits per heavy atom. The minimum atomic E-state index is -0.736. The fourth-order valence-corrected chi connectivity index (χ4v) is 3.88. The van der Waals surface area contributed by atoms with Crippen LogP contribution in [0, 0.1) is 5.82 Å². The normalized spacial score (nSPS) is 15.9. The van der Waals surface area contributed by atoms with Crippen molar-refractivity contribution in [1.82, 2.24) is 0 Å². The summed E-state index contributed by atoms with van der Waals surface area (Å²) in [5.41, 5.74) is 2.35. The second-order valence-corrected chi connectivity index (χ2v) is 7.83. The van der Waals surface area contributed by atoms with E-state index >= 15 is 0 Å². The fraction of sp³-hybridized carbons (Fsp3) is 0.130. The molecule has 0 saturated carbocycles. The summed E-state index contributed by atoms with van der Waals surface area (Å²) in [6.07, 6.45) is 0. The van der Waals surface area contributed by atoms with E-state index in [-0.39, 0.29) is 18.4 Å². The van der Waals surface area contributed by atoms with Crippen molar-refractivity contribution in [1.29, 1.82) is 0 Å². The highest BCUT2D eigenvalue weighted by Gasteiger charge is 2.38. The van der Waals surface area contributed by atoms with Crippen LogP contribution in [-0.4, -0.2) is 17.9 Å². The number of halogens is 3. The van der Waals surface area contributed by atoms with Gasteiger partial charge in [0.15, 0.2) is 0 Å². The molecule has 2 amide bonds. The monoisotopic (exact) mass is 442 g/mol. The standard InChI is InChI=1S/C23H17Cl2FN2O2/c1-14-22(29)27(13-15-6-11-18(24)19(25)12-15)20-4-2-3-5-21(20)28(14)23(30)16-7-9-17(26)10-8-16/h2-12,14H,13H2,1H3/t14-/m0/s1. The molecule has 3 aromatic carbocycles. The molecule has 1 atom stereocenters. The van der Waals surface area contributed by atoms with Crippen LogP contribution in [0.4, 0.5) is 15.8 Å². The number of rotatable bonds is 3.